The number of fused-ring (bicyclic) bond motifs is 1. The van der Waals surface area contributed by atoms with E-state index in [-0.39, 0.29) is 16.3 Å². The lowest BCUT2D eigenvalue weighted by Crippen LogP contribution is -2.34. The molecule has 0 spiro atoms. The summed E-state index contributed by atoms with van der Waals surface area (Å²) in [6.07, 6.45) is -2.77. The van der Waals surface area contributed by atoms with Gasteiger partial charge in [0.25, 0.3) is 0 Å². The van der Waals surface area contributed by atoms with E-state index in [9.17, 15) is 24.6 Å². The molecule has 0 radical (unpaired) electrons. The molecule has 2 aromatic heterocycles. The first kappa shape index (κ1) is 16.7. The number of halogens is 1. The molecule has 0 aliphatic carbocycles. The Morgan fingerprint density at radius 1 is 1.35 bits per heavy atom. The number of hydrogen-bond donors (Lipinski definition) is 2. The lowest BCUT2D eigenvalue weighted by molar-refractivity contribution is -0.343. The van der Waals surface area contributed by atoms with Gasteiger partial charge in [0.2, 0.25) is 0 Å². The summed E-state index contributed by atoms with van der Waals surface area (Å²) >= 11 is 5.87. The van der Waals surface area contributed by atoms with Crippen LogP contribution in [0.15, 0.2) is 12.7 Å². The Labute approximate surface area is 133 Å². The van der Waals surface area contributed by atoms with Gasteiger partial charge in [0, 0.05) is 0 Å². The normalized spacial score (nSPS) is 28.6. The molecule has 1 saturated heterocycles. The first-order chi connectivity index (χ1) is 10.8. The van der Waals surface area contributed by atoms with Gasteiger partial charge < -0.3 is 33.8 Å². The number of nitrogens with zero attached hydrogens (tertiary/aromatic N) is 4. The maximum Gasteiger partial charge on any atom is 0.167 e. The van der Waals surface area contributed by atoms with Crippen molar-refractivity contribution in [2.45, 2.75) is 24.5 Å². The standard InChI is InChI=1S/C10H12ClN4O7P/c11-8-5-9(13-2-12-8)15(3-14-5)10-7(17)6(16)4(22-10)1-21-23(18,19)20/h2-4,6-7,10,16-17H,1H2,(H2,18,19,20)/p-2/t4-,6-,7-,10-/m1/s1. The highest BCUT2D eigenvalue weighted by molar-refractivity contribution is 7.43. The van der Waals surface area contributed by atoms with Crippen molar-refractivity contribution in [1.82, 2.24) is 19.5 Å². The van der Waals surface area contributed by atoms with Crippen LogP contribution in [-0.4, -0.2) is 54.7 Å². The minimum absolute atomic E-state index is 0.0975. The number of phosphoric ester groups is 1. The van der Waals surface area contributed by atoms with Crippen LogP contribution in [0.5, 0.6) is 0 Å². The Balaban J connectivity index is 1.85. The maximum atomic E-state index is 10.5. The lowest BCUT2D eigenvalue weighted by atomic mass is 10.1. The van der Waals surface area contributed by atoms with Crippen molar-refractivity contribution in [2.24, 2.45) is 0 Å². The molecular weight excluding hydrogens is 355 g/mol. The van der Waals surface area contributed by atoms with E-state index in [1.54, 1.807) is 0 Å². The molecule has 23 heavy (non-hydrogen) atoms. The summed E-state index contributed by atoms with van der Waals surface area (Å²) in [5.74, 6) is 0. The number of imidazole rings is 1. The van der Waals surface area contributed by atoms with Gasteiger partial charge in [-0.2, -0.15) is 0 Å². The van der Waals surface area contributed by atoms with Crippen LogP contribution in [0.2, 0.25) is 5.15 Å². The average Bonchev–Trinajstić information content (AvgIpc) is 3.01. The fraction of sp³-hybridized carbons (Fsp3) is 0.500. The number of rotatable bonds is 4. The fourth-order valence-corrected chi connectivity index (χ4v) is 2.78. The first-order valence-corrected chi connectivity index (χ1v) is 8.13. The van der Waals surface area contributed by atoms with E-state index in [4.69, 9.17) is 16.3 Å². The van der Waals surface area contributed by atoms with E-state index in [1.165, 1.54) is 17.2 Å². The van der Waals surface area contributed by atoms with E-state index < -0.39 is 39.0 Å². The van der Waals surface area contributed by atoms with Crippen molar-refractivity contribution in [3.05, 3.63) is 17.8 Å². The molecule has 13 heteroatoms. The van der Waals surface area contributed by atoms with E-state index in [0.717, 1.165) is 0 Å². The molecule has 2 N–H and O–H groups in total. The van der Waals surface area contributed by atoms with Crippen molar-refractivity contribution in [1.29, 1.82) is 0 Å². The zero-order chi connectivity index (χ0) is 16.8. The minimum Gasteiger partial charge on any atom is -0.790 e. The maximum absolute atomic E-state index is 10.5. The van der Waals surface area contributed by atoms with Crippen molar-refractivity contribution in [2.75, 3.05) is 6.61 Å². The summed E-state index contributed by atoms with van der Waals surface area (Å²) in [5.41, 5.74) is 0.518. The zero-order valence-corrected chi connectivity index (χ0v) is 12.9. The van der Waals surface area contributed by atoms with Gasteiger partial charge in [-0.1, -0.05) is 11.6 Å². The first-order valence-electron chi connectivity index (χ1n) is 6.29. The summed E-state index contributed by atoms with van der Waals surface area (Å²) in [6, 6.07) is 0. The second kappa shape index (κ2) is 6.04. The van der Waals surface area contributed by atoms with Crippen LogP contribution < -0.4 is 9.79 Å². The molecular formula is C10H10ClN4O7P-2. The number of phosphoric acid groups is 1. The molecule has 1 aliphatic rings. The number of ether oxygens (including phenoxy) is 1. The third kappa shape index (κ3) is 3.23. The summed E-state index contributed by atoms with van der Waals surface area (Å²) in [6.45, 7) is -0.721. The Morgan fingerprint density at radius 3 is 2.78 bits per heavy atom. The summed E-state index contributed by atoms with van der Waals surface area (Å²) in [4.78, 5) is 32.7. The van der Waals surface area contributed by atoms with Crippen molar-refractivity contribution in [3.63, 3.8) is 0 Å². The fourth-order valence-electron chi connectivity index (χ4n) is 2.27. The molecule has 3 rings (SSSR count). The highest BCUT2D eigenvalue weighted by Crippen LogP contribution is 2.34. The highest BCUT2D eigenvalue weighted by Gasteiger charge is 2.44. The number of aliphatic hydroxyl groups is 2. The predicted molar refractivity (Wildman–Crippen MR) is 69.8 cm³/mol. The molecule has 1 fully saturated rings. The summed E-state index contributed by atoms with van der Waals surface area (Å²) < 4.78 is 21.3. The third-order valence-electron chi connectivity index (χ3n) is 3.32. The van der Waals surface area contributed by atoms with Crippen LogP contribution in [0.1, 0.15) is 6.23 Å². The monoisotopic (exact) mass is 364 g/mol. The highest BCUT2D eigenvalue weighted by atomic mass is 35.5. The average molecular weight is 365 g/mol. The number of hydrogen-bond acceptors (Lipinski definition) is 10. The van der Waals surface area contributed by atoms with Gasteiger partial charge in [0.1, 0.15) is 30.2 Å². The molecule has 2 aromatic rings. The molecule has 126 valence electrons. The van der Waals surface area contributed by atoms with Gasteiger partial charge in [-0.3, -0.25) is 4.57 Å². The quantitative estimate of drug-likeness (QED) is 0.455. The number of aromatic nitrogens is 4. The van der Waals surface area contributed by atoms with Crippen molar-refractivity contribution < 1.29 is 33.8 Å². The largest absolute Gasteiger partial charge is 0.790 e. The van der Waals surface area contributed by atoms with Gasteiger partial charge in [-0.15, -0.1) is 0 Å². The van der Waals surface area contributed by atoms with Gasteiger partial charge in [0.15, 0.2) is 17.0 Å². The van der Waals surface area contributed by atoms with E-state index in [1.807, 2.05) is 0 Å². The Morgan fingerprint density at radius 2 is 2.09 bits per heavy atom. The molecule has 0 amide bonds. The van der Waals surface area contributed by atoms with Crippen LogP contribution in [-0.2, 0) is 13.8 Å². The van der Waals surface area contributed by atoms with Gasteiger partial charge in [0.05, 0.1) is 20.8 Å². The van der Waals surface area contributed by atoms with E-state index in [0.29, 0.717) is 0 Å². The second-order valence-corrected chi connectivity index (χ2v) is 6.29. The summed E-state index contributed by atoms with van der Waals surface area (Å²) in [7, 11) is -5.22. The van der Waals surface area contributed by atoms with Crippen LogP contribution in [0.4, 0.5) is 0 Å². The predicted octanol–water partition coefficient (Wildman–Crippen LogP) is -2.06. The molecule has 4 atom stereocenters. The Kier molecular flexibility index (Phi) is 4.38. The summed E-state index contributed by atoms with van der Waals surface area (Å²) in [5, 5.41) is 20.1. The van der Waals surface area contributed by atoms with Crippen LogP contribution in [0, 0.1) is 0 Å². The van der Waals surface area contributed by atoms with Crippen LogP contribution in [0.25, 0.3) is 11.2 Å². The molecule has 0 bridgehead atoms. The molecule has 3 heterocycles. The molecule has 0 unspecified atom stereocenters. The van der Waals surface area contributed by atoms with E-state index >= 15 is 0 Å². The van der Waals surface area contributed by atoms with Gasteiger partial charge in [-0.25, -0.2) is 15.0 Å². The molecule has 1 aliphatic heterocycles. The third-order valence-corrected chi connectivity index (χ3v) is 4.06. The van der Waals surface area contributed by atoms with Crippen LogP contribution in [0.3, 0.4) is 0 Å². The van der Waals surface area contributed by atoms with Crippen molar-refractivity contribution >= 4 is 30.6 Å². The molecule has 11 nitrogen and oxygen atoms in total. The van der Waals surface area contributed by atoms with Crippen molar-refractivity contribution in [3.8, 4) is 0 Å². The van der Waals surface area contributed by atoms with Crippen LogP contribution >= 0.6 is 19.4 Å². The Bertz CT molecular complexity index is 767. The second-order valence-electron chi connectivity index (χ2n) is 4.78. The minimum atomic E-state index is -5.22. The van der Waals surface area contributed by atoms with E-state index in [2.05, 4.69) is 19.5 Å². The smallest absolute Gasteiger partial charge is 0.167 e. The topological polar surface area (TPSA) is 166 Å². The molecule has 0 aromatic carbocycles. The molecule has 0 saturated carbocycles. The zero-order valence-electron chi connectivity index (χ0n) is 11.2. The van der Waals surface area contributed by atoms with Gasteiger partial charge in [-0.05, 0) is 0 Å². The number of aliphatic hydroxyl groups excluding tert-OH is 2. The Hall–Kier alpha value is -1.17. The lowest BCUT2D eigenvalue weighted by Gasteiger charge is -2.30. The SMILES string of the molecule is O=P([O-])([O-])OC[C@H]1O[C@@H](n2cnc3c(Cl)ncnc32)[C@H](O)[C@@H]1O. The van der Waals surface area contributed by atoms with Gasteiger partial charge >= 0.3 is 0 Å².